The van der Waals surface area contributed by atoms with Crippen molar-refractivity contribution in [1.29, 1.82) is 0 Å². The van der Waals surface area contributed by atoms with E-state index in [1.165, 1.54) is 30.4 Å². The Balaban J connectivity index is 0.00000132. The summed E-state index contributed by atoms with van der Waals surface area (Å²) in [6.07, 6.45) is 6.78. The monoisotopic (exact) mass is 480 g/mol. The number of aryl methyl sites for hydroxylation is 1. The smallest absolute Gasteiger partial charge is 0.115 e. The largest absolute Gasteiger partial charge is 0.508 e. The Kier molecular flexibility index (Phi) is 4.15. The number of aliphatic hydroxyl groups excluding tert-OH is 1. The van der Waals surface area contributed by atoms with Gasteiger partial charge in [0.1, 0.15) is 5.75 Å². The molecule has 1 aromatic carbocycles. The van der Waals surface area contributed by atoms with Crippen molar-refractivity contribution in [1.82, 2.24) is 0 Å². The van der Waals surface area contributed by atoms with Crippen LogP contribution in [-0.2, 0) is 6.42 Å². The summed E-state index contributed by atoms with van der Waals surface area (Å²) in [6, 6.07) is 5.96. The van der Waals surface area contributed by atoms with Crippen LogP contribution in [0, 0.1) is 17.3 Å². The Morgan fingerprint density at radius 3 is 2.76 bits per heavy atom. The van der Waals surface area contributed by atoms with Crippen molar-refractivity contribution in [3.8, 4) is 5.75 Å². The third kappa shape index (κ3) is 2.28. The summed E-state index contributed by atoms with van der Waals surface area (Å²) in [6.45, 7) is 2.32. The summed E-state index contributed by atoms with van der Waals surface area (Å²) < 4.78 is 0. The summed E-state index contributed by atoms with van der Waals surface area (Å²) in [4.78, 5) is 0. The van der Waals surface area contributed by atoms with E-state index in [-0.39, 0.29) is 38.8 Å². The van der Waals surface area contributed by atoms with Gasteiger partial charge in [-0.15, -0.1) is 0 Å². The molecule has 4 radical (unpaired) electrons. The average Bonchev–Trinajstić information content (AvgIpc) is 2.74. The number of rotatable bonds is 0. The fraction of sp³-hybridized carbons (Fsp3) is 0.667. The van der Waals surface area contributed by atoms with Gasteiger partial charge in [0.2, 0.25) is 0 Å². The first kappa shape index (κ1) is 15.8. The molecule has 0 saturated heterocycles. The van der Waals surface area contributed by atoms with Crippen LogP contribution in [0.3, 0.4) is 0 Å². The molecule has 0 aliphatic heterocycles. The second-order valence-electron chi connectivity index (χ2n) is 7.44. The maximum absolute atomic E-state index is 10.4. The molecular weight excluding hydrogens is 455 g/mol. The van der Waals surface area contributed by atoms with Gasteiger partial charge in [-0.3, -0.25) is 0 Å². The second kappa shape index (κ2) is 5.52. The number of hydrogen-bond donors (Lipinski definition) is 2. The minimum Gasteiger partial charge on any atom is -0.508 e. The maximum Gasteiger partial charge on any atom is 0.115 e. The third-order valence-electron chi connectivity index (χ3n) is 6.66. The van der Waals surface area contributed by atoms with Crippen molar-refractivity contribution >= 4 is 27.3 Å². The van der Waals surface area contributed by atoms with Gasteiger partial charge in [0.25, 0.3) is 0 Å². The standard InChI is InChI=1S/C18H24O2.Pb/c1-18-9-8-14-13-5-3-12(19)10-11(13)2-4-15(14)16(18)6-7-17(18)20;/h3,5,10,14-17,19-20H,2,4,6-9H2,1H3;/t14-,15-,16?,17-,18-;/m0./s1. The van der Waals surface area contributed by atoms with E-state index in [1.807, 2.05) is 12.1 Å². The van der Waals surface area contributed by atoms with E-state index in [0.29, 0.717) is 17.6 Å². The quantitative estimate of drug-likeness (QED) is 0.561. The zero-order valence-corrected chi connectivity index (χ0v) is 16.6. The Morgan fingerprint density at radius 2 is 1.95 bits per heavy atom. The van der Waals surface area contributed by atoms with Crippen molar-refractivity contribution in [3.05, 3.63) is 29.3 Å². The van der Waals surface area contributed by atoms with Crippen LogP contribution in [0.5, 0.6) is 5.75 Å². The van der Waals surface area contributed by atoms with Crippen LogP contribution < -0.4 is 0 Å². The van der Waals surface area contributed by atoms with Crippen LogP contribution >= 0.6 is 0 Å². The van der Waals surface area contributed by atoms with E-state index in [4.69, 9.17) is 0 Å². The number of aliphatic hydroxyl groups is 1. The molecule has 3 heteroatoms. The maximum atomic E-state index is 10.4. The van der Waals surface area contributed by atoms with Crippen LogP contribution in [0.4, 0.5) is 0 Å². The normalized spacial score (nSPS) is 40.7. The molecule has 0 spiro atoms. The molecular formula is C18H24O2Pb. The van der Waals surface area contributed by atoms with Crippen molar-refractivity contribution < 1.29 is 10.2 Å². The van der Waals surface area contributed by atoms with Crippen LogP contribution in [0.1, 0.15) is 56.1 Å². The van der Waals surface area contributed by atoms with E-state index in [2.05, 4.69) is 13.0 Å². The molecule has 2 N–H and O–H groups in total. The summed E-state index contributed by atoms with van der Waals surface area (Å²) >= 11 is 0. The molecule has 5 atom stereocenters. The van der Waals surface area contributed by atoms with Gasteiger partial charge in [-0.1, -0.05) is 13.0 Å². The zero-order chi connectivity index (χ0) is 13.9. The molecule has 2 nitrogen and oxygen atoms in total. The minimum absolute atomic E-state index is 0. The van der Waals surface area contributed by atoms with E-state index < -0.39 is 0 Å². The Morgan fingerprint density at radius 1 is 1.14 bits per heavy atom. The number of fused-ring (bicyclic) bond motifs is 5. The number of benzene rings is 1. The number of phenolic OH excluding ortho intramolecular Hbond substituents is 1. The number of aromatic hydroxyl groups is 1. The van der Waals surface area contributed by atoms with Crippen molar-refractivity contribution in [2.24, 2.45) is 17.3 Å². The molecule has 4 rings (SSSR count). The van der Waals surface area contributed by atoms with Crippen molar-refractivity contribution in [3.63, 3.8) is 0 Å². The molecule has 0 bridgehead atoms. The molecule has 1 unspecified atom stereocenters. The van der Waals surface area contributed by atoms with Gasteiger partial charge in [0, 0.05) is 27.3 Å². The second-order valence-corrected chi connectivity index (χ2v) is 7.44. The van der Waals surface area contributed by atoms with Gasteiger partial charge in [-0.25, -0.2) is 0 Å². The van der Waals surface area contributed by atoms with Gasteiger partial charge in [0.05, 0.1) is 6.10 Å². The fourth-order valence-electron chi connectivity index (χ4n) is 5.54. The summed E-state index contributed by atoms with van der Waals surface area (Å²) in [5.41, 5.74) is 2.99. The number of hydrogen-bond acceptors (Lipinski definition) is 2. The van der Waals surface area contributed by atoms with Gasteiger partial charge in [-0.05, 0) is 85.0 Å². The Bertz CT molecular complexity index is 544. The van der Waals surface area contributed by atoms with Crippen LogP contribution in [0.2, 0.25) is 0 Å². The Labute approximate surface area is 147 Å². The molecule has 21 heavy (non-hydrogen) atoms. The summed E-state index contributed by atoms with van der Waals surface area (Å²) in [5, 5.41) is 20.0. The minimum atomic E-state index is -0.0883. The van der Waals surface area contributed by atoms with E-state index >= 15 is 0 Å². The fourth-order valence-corrected chi connectivity index (χ4v) is 5.54. The SMILES string of the molecule is C[C@]12CC[C@H]3c4ccc(O)cc4CC[C@@H]3C1CC[C@@H]2O.[Pb]. The zero-order valence-electron chi connectivity index (χ0n) is 12.7. The van der Waals surface area contributed by atoms with E-state index in [9.17, 15) is 10.2 Å². The molecule has 2 saturated carbocycles. The first-order chi connectivity index (χ1) is 9.59. The predicted molar refractivity (Wildman–Crippen MR) is 84.5 cm³/mol. The van der Waals surface area contributed by atoms with Gasteiger partial charge < -0.3 is 10.2 Å². The number of phenols is 1. The molecule has 0 aromatic heterocycles. The van der Waals surface area contributed by atoms with Gasteiger partial charge in [-0.2, -0.15) is 0 Å². The molecule has 3 aliphatic rings. The van der Waals surface area contributed by atoms with Gasteiger partial charge in [0.15, 0.2) is 0 Å². The molecule has 1 aromatic rings. The van der Waals surface area contributed by atoms with Crippen molar-refractivity contribution in [2.75, 3.05) is 0 Å². The molecule has 0 heterocycles. The third-order valence-corrected chi connectivity index (χ3v) is 6.66. The molecule has 0 amide bonds. The topological polar surface area (TPSA) is 40.5 Å². The molecule has 2 fully saturated rings. The summed E-state index contributed by atoms with van der Waals surface area (Å²) in [7, 11) is 0. The predicted octanol–water partition coefficient (Wildman–Crippen LogP) is 3.23. The first-order valence-electron chi connectivity index (χ1n) is 8.09. The van der Waals surface area contributed by atoms with Crippen molar-refractivity contribution in [2.45, 2.75) is 57.5 Å². The Hall–Kier alpha value is -0.0979. The molecule has 112 valence electrons. The average molecular weight is 480 g/mol. The first-order valence-corrected chi connectivity index (χ1v) is 8.09. The van der Waals surface area contributed by atoms with Crippen LogP contribution in [-0.4, -0.2) is 43.6 Å². The molecule has 3 aliphatic carbocycles. The van der Waals surface area contributed by atoms with Crippen LogP contribution in [0.15, 0.2) is 18.2 Å². The summed E-state index contributed by atoms with van der Waals surface area (Å²) in [5.74, 6) is 2.49. The van der Waals surface area contributed by atoms with Crippen LogP contribution in [0.25, 0.3) is 0 Å². The van der Waals surface area contributed by atoms with E-state index in [0.717, 1.165) is 25.2 Å². The van der Waals surface area contributed by atoms with E-state index in [1.54, 1.807) is 0 Å². The van der Waals surface area contributed by atoms with Gasteiger partial charge >= 0.3 is 0 Å².